The minimum atomic E-state index is -0.147. The van der Waals surface area contributed by atoms with Crippen molar-refractivity contribution in [1.82, 2.24) is 10.3 Å². The quantitative estimate of drug-likeness (QED) is 0.881. The highest BCUT2D eigenvalue weighted by Gasteiger charge is 2.33. The largest absolute Gasteiger partial charge is 0.383 e. The van der Waals surface area contributed by atoms with Gasteiger partial charge in [0.25, 0.3) is 5.91 Å². The minimum Gasteiger partial charge on any atom is -0.383 e. The molecule has 6 heteroatoms. The second-order valence-corrected chi connectivity index (χ2v) is 7.05. The molecule has 1 aromatic heterocycles. The zero-order valence-corrected chi connectivity index (χ0v) is 13.3. The molecule has 0 atom stereocenters. The Morgan fingerprint density at radius 1 is 1.58 bits per heavy atom. The topological polar surface area (TPSA) is 68.0 Å². The molecule has 0 spiro atoms. The summed E-state index contributed by atoms with van der Waals surface area (Å²) >= 11 is 5.16. The van der Waals surface area contributed by atoms with E-state index in [-0.39, 0.29) is 16.5 Å². The first-order valence-corrected chi connectivity index (χ1v) is 8.32. The zero-order chi connectivity index (χ0) is 13.9. The molecule has 1 fully saturated rings. The van der Waals surface area contributed by atoms with Crippen LogP contribution in [0.3, 0.4) is 0 Å². The third-order valence-electron chi connectivity index (χ3n) is 3.65. The number of nitrogens with two attached hydrogens (primary N) is 1. The lowest BCUT2D eigenvalue weighted by Gasteiger charge is -2.27. The Hall–Kier alpha value is -0.750. The monoisotopic (exact) mass is 343 g/mol. The maximum Gasteiger partial charge on any atom is 0.255 e. The van der Waals surface area contributed by atoms with E-state index in [1.54, 1.807) is 12.3 Å². The lowest BCUT2D eigenvalue weighted by molar-refractivity contribution is 0.0950. The van der Waals surface area contributed by atoms with Gasteiger partial charge in [0.15, 0.2) is 0 Å². The van der Waals surface area contributed by atoms with Crippen LogP contribution in [0.25, 0.3) is 0 Å². The minimum absolute atomic E-state index is 0.147. The Bertz CT molecular complexity index is 475. The first-order chi connectivity index (χ1) is 9.06. The van der Waals surface area contributed by atoms with E-state index >= 15 is 0 Å². The second-order valence-electron chi connectivity index (χ2n) is 4.86. The maximum atomic E-state index is 12.2. The molecule has 1 heterocycles. The molecule has 1 amide bonds. The van der Waals surface area contributed by atoms with Crippen LogP contribution in [0, 0.1) is 0 Å². The van der Waals surface area contributed by atoms with Crippen LogP contribution in [0.15, 0.2) is 16.7 Å². The van der Waals surface area contributed by atoms with Gasteiger partial charge in [-0.3, -0.25) is 4.79 Å². The van der Waals surface area contributed by atoms with Crippen molar-refractivity contribution in [3.05, 3.63) is 22.3 Å². The number of carbonyl (C=O) groups is 1. The fourth-order valence-electron chi connectivity index (χ4n) is 2.44. The van der Waals surface area contributed by atoms with Crippen molar-refractivity contribution in [3.8, 4) is 0 Å². The second kappa shape index (κ2) is 6.13. The summed E-state index contributed by atoms with van der Waals surface area (Å²) in [5, 5.41) is 3.00. The number of hydrogen-bond acceptors (Lipinski definition) is 4. The number of nitrogens with one attached hydrogen (secondary N) is 1. The van der Waals surface area contributed by atoms with Crippen LogP contribution in [0.5, 0.6) is 0 Å². The Labute approximate surface area is 126 Å². The number of nitrogens with zero attached hydrogens (tertiary/aromatic N) is 1. The van der Waals surface area contributed by atoms with E-state index in [4.69, 9.17) is 5.73 Å². The Kier molecular flexibility index (Phi) is 4.73. The number of amides is 1. The lowest BCUT2D eigenvalue weighted by atomic mass is 10.1. The van der Waals surface area contributed by atoms with Crippen LogP contribution >= 0.6 is 27.7 Å². The highest BCUT2D eigenvalue weighted by Crippen LogP contribution is 2.39. The highest BCUT2D eigenvalue weighted by molar-refractivity contribution is 9.10. The van der Waals surface area contributed by atoms with Gasteiger partial charge in [-0.2, -0.15) is 11.8 Å². The number of hydrogen-bond donors (Lipinski definition) is 2. The predicted molar refractivity (Wildman–Crippen MR) is 83.4 cm³/mol. The van der Waals surface area contributed by atoms with Gasteiger partial charge in [-0.25, -0.2) is 4.98 Å². The third kappa shape index (κ3) is 3.42. The summed E-state index contributed by atoms with van der Waals surface area (Å²) < 4.78 is 0.955. The number of anilines is 1. The molecule has 0 radical (unpaired) electrons. The van der Waals surface area contributed by atoms with Crippen molar-refractivity contribution in [2.75, 3.05) is 18.5 Å². The Morgan fingerprint density at radius 3 is 2.89 bits per heavy atom. The van der Waals surface area contributed by atoms with Crippen molar-refractivity contribution in [3.63, 3.8) is 0 Å². The Morgan fingerprint density at radius 2 is 2.26 bits per heavy atom. The summed E-state index contributed by atoms with van der Waals surface area (Å²) in [6, 6.07) is 1.71. The van der Waals surface area contributed by atoms with E-state index in [2.05, 4.69) is 32.5 Å². The molecule has 0 saturated heterocycles. The van der Waals surface area contributed by atoms with Gasteiger partial charge in [-0.15, -0.1) is 0 Å². The van der Waals surface area contributed by atoms with E-state index in [0.717, 1.165) is 4.47 Å². The molecule has 0 aromatic carbocycles. The normalized spacial score (nSPS) is 17.4. The van der Waals surface area contributed by atoms with Crippen molar-refractivity contribution in [2.24, 2.45) is 0 Å². The smallest absolute Gasteiger partial charge is 0.255 e. The van der Waals surface area contributed by atoms with Crippen molar-refractivity contribution in [1.29, 1.82) is 0 Å². The van der Waals surface area contributed by atoms with Gasteiger partial charge < -0.3 is 11.1 Å². The van der Waals surface area contributed by atoms with Crippen LogP contribution in [0.4, 0.5) is 5.82 Å². The molecule has 19 heavy (non-hydrogen) atoms. The fraction of sp³-hybridized carbons (Fsp3) is 0.538. The van der Waals surface area contributed by atoms with Gasteiger partial charge in [0.05, 0.1) is 5.56 Å². The number of nitrogen functional groups attached to an aromatic ring is 1. The molecule has 0 aliphatic heterocycles. The highest BCUT2D eigenvalue weighted by atomic mass is 79.9. The summed E-state index contributed by atoms with van der Waals surface area (Å²) in [7, 11) is 0. The lowest BCUT2D eigenvalue weighted by Crippen LogP contribution is -2.38. The molecule has 0 unspecified atom stereocenters. The number of aromatic nitrogens is 1. The maximum absolute atomic E-state index is 12.2. The molecule has 1 aromatic rings. The van der Waals surface area contributed by atoms with Crippen LogP contribution in [-0.4, -0.2) is 28.4 Å². The van der Waals surface area contributed by atoms with Crippen LogP contribution in [0.2, 0.25) is 0 Å². The first-order valence-electron chi connectivity index (χ1n) is 6.31. The SMILES string of the molecule is CSC1(CNC(=O)c2cc(Br)cnc2N)CCCC1. The average Bonchev–Trinajstić information content (AvgIpc) is 2.88. The average molecular weight is 344 g/mol. The van der Waals surface area contributed by atoms with Gasteiger partial charge in [0.1, 0.15) is 5.82 Å². The molecule has 1 saturated carbocycles. The van der Waals surface area contributed by atoms with Gasteiger partial charge in [0, 0.05) is 22.0 Å². The van der Waals surface area contributed by atoms with E-state index in [0.29, 0.717) is 12.1 Å². The summed E-state index contributed by atoms with van der Waals surface area (Å²) in [5.41, 5.74) is 6.18. The van der Waals surface area contributed by atoms with E-state index < -0.39 is 0 Å². The number of carbonyl (C=O) groups excluding carboxylic acids is 1. The number of pyridine rings is 1. The van der Waals surface area contributed by atoms with E-state index in [1.807, 2.05) is 11.8 Å². The zero-order valence-electron chi connectivity index (χ0n) is 10.9. The van der Waals surface area contributed by atoms with Crippen molar-refractivity contribution in [2.45, 2.75) is 30.4 Å². The number of thioether (sulfide) groups is 1. The van der Waals surface area contributed by atoms with Gasteiger partial charge >= 0.3 is 0 Å². The van der Waals surface area contributed by atoms with E-state index in [1.165, 1.54) is 25.7 Å². The standard InChI is InChI=1S/C13H18BrN3OS/c1-19-13(4-2-3-5-13)8-17-12(18)10-6-9(14)7-16-11(10)15/h6-7H,2-5,8H2,1H3,(H2,15,16)(H,17,18). The van der Waals surface area contributed by atoms with Crippen molar-refractivity contribution < 1.29 is 4.79 Å². The summed E-state index contributed by atoms with van der Waals surface area (Å²) in [4.78, 5) is 16.2. The molecular weight excluding hydrogens is 326 g/mol. The Balaban J connectivity index is 2.03. The van der Waals surface area contributed by atoms with E-state index in [9.17, 15) is 4.79 Å². The summed E-state index contributed by atoms with van der Waals surface area (Å²) in [6.07, 6.45) is 8.54. The number of halogens is 1. The van der Waals surface area contributed by atoms with Crippen molar-refractivity contribution >= 4 is 39.4 Å². The van der Waals surface area contributed by atoms with Crippen LogP contribution < -0.4 is 11.1 Å². The molecular formula is C13H18BrN3OS. The predicted octanol–water partition coefficient (Wildman–Crippen LogP) is 2.83. The summed E-state index contributed by atoms with van der Waals surface area (Å²) in [6.45, 7) is 0.693. The molecule has 4 nitrogen and oxygen atoms in total. The van der Waals surface area contributed by atoms with Gasteiger partial charge in [-0.1, -0.05) is 12.8 Å². The third-order valence-corrected chi connectivity index (χ3v) is 5.50. The molecule has 0 bridgehead atoms. The summed E-state index contributed by atoms with van der Waals surface area (Å²) in [5.74, 6) is 0.122. The molecule has 1 aliphatic rings. The first kappa shape index (κ1) is 14.7. The molecule has 3 N–H and O–H groups in total. The van der Waals surface area contributed by atoms with Gasteiger partial charge in [-0.05, 0) is 41.1 Å². The molecule has 104 valence electrons. The molecule has 1 aliphatic carbocycles. The fourth-order valence-corrected chi connectivity index (χ4v) is 3.69. The van der Waals surface area contributed by atoms with Crippen LogP contribution in [-0.2, 0) is 0 Å². The molecule has 2 rings (SSSR count). The number of rotatable bonds is 4. The van der Waals surface area contributed by atoms with Crippen LogP contribution in [0.1, 0.15) is 36.0 Å². The van der Waals surface area contributed by atoms with Gasteiger partial charge in [0.2, 0.25) is 0 Å².